The lowest BCUT2D eigenvalue weighted by Gasteiger charge is -2.23. The number of nitrogens with zero attached hydrogens (tertiary/aromatic N) is 3. The Hall–Kier alpha value is -3.67. The fourth-order valence-corrected chi connectivity index (χ4v) is 4.70. The number of ether oxygens (including phenoxy) is 1. The SMILES string of the molecule is CCS(=O)(=O)Nc1ccc(-c2[nH]nc(Nc3cnccn3)c2C(N)=O)cc1OCC1CCCCC1. The first-order valence-corrected chi connectivity index (χ1v) is 13.2. The molecule has 1 amide bonds. The van der Waals surface area contributed by atoms with Crippen LogP contribution in [0, 0.1) is 5.92 Å². The minimum absolute atomic E-state index is 0.0689. The summed E-state index contributed by atoms with van der Waals surface area (Å²) >= 11 is 0. The van der Waals surface area contributed by atoms with E-state index in [1.54, 1.807) is 25.1 Å². The van der Waals surface area contributed by atoms with E-state index in [2.05, 4.69) is 30.2 Å². The lowest BCUT2D eigenvalue weighted by atomic mass is 9.90. The summed E-state index contributed by atoms with van der Waals surface area (Å²) in [5, 5.41) is 9.98. The van der Waals surface area contributed by atoms with Crippen molar-refractivity contribution >= 4 is 33.3 Å². The molecule has 35 heavy (non-hydrogen) atoms. The molecule has 0 spiro atoms. The number of nitrogens with one attached hydrogen (secondary N) is 3. The van der Waals surface area contributed by atoms with Crippen LogP contribution in [0.4, 0.5) is 17.3 Å². The predicted octanol–water partition coefficient (Wildman–Crippen LogP) is 3.43. The van der Waals surface area contributed by atoms with Crippen LogP contribution in [-0.4, -0.2) is 46.9 Å². The number of benzene rings is 1. The van der Waals surface area contributed by atoms with Gasteiger partial charge in [0, 0.05) is 18.0 Å². The van der Waals surface area contributed by atoms with Crippen LogP contribution in [0.15, 0.2) is 36.8 Å². The van der Waals surface area contributed by atoms with E-state index in [9.17, 15) is 13.2 Å². The van der Waals surface area contributed by atoms with Gasteiger partial charge < -0.3 is 15.8 Å². The van der Waals surface area contributed by atoms with Gasteiger partial charge in [0.25, 0.3) is 5.91 Å². The summed E-state index contributed by atoms with van der Waals surface area (Å²) in [7, 11) is -3.51. The lowest BCUT2D eigenvalue weighted by Crippen LogP contribution is -2.18. The smallest absolute Gasteiger partial charge is 0.254 e. The van der Waals surface area contributed by atoms with Crippen molar-refractivity contribution in [3.63, 3.8) is 0 Å². The molecular weight excluding hydrogens is 470 g/mol. The first kappa shape index (κ1) is 24.5. The average molecular weight is 500 g/mol. The fraction of sp³-hybridized carbons (Fsp3) is 0.391. The largest absolute Gasteiger partial charge is 0.491 e. The highest BCUT2D eigenvalue weighted by Gasteiger charge is 2.22. The number of hydrogen-bond donors (Lipinski definition) is 4. The van der Waals surface area contributed by atoms with Gasteiger partial charge in [-0.05, 0) is 37.8 Å². The van der Waals surface area contributed by atoms with Gasteiger partial charge in [-0.2, -0.15) is 5.10 Å². The highest BCUT2D eigenvalue weighted by atomic mass is 32.2. The second-order valence-corrected chi connectivity index (χ2v) is 10.4. The van der Waals surface area contributed by atoms with Crippen LogP contribution in [-0.2, 0) is 10.0 Å². The lowest BCUT2D eigenvalue weighted by molar-refractivity contribution is 0.100. The molecule has 4 rings (SSSR count). The van der Waals surface area contributed by atoms with Crippen LogP contribution >= 0.6 is 0 Å². The van der Waals surface area contributed by atoms with Gasteiger partial charge in [0.05, 0.1) is 29.9 Å². The van der Waals surface area contributed by atoms with E-state index in [1.807, 2.05) is 0 Å². The molecule has 1 fully saturated rings. The Morgan fingerprint density at radius 3 is 2.71 bits per heavy atom. The predicted molar refractivity (Wildman–Crippen MR) is 133 cm³/mol. The Morgan fingerprint density at radius 2 is 2.03 bits per heavy atom. The number of primary amides is 1. The highest BCUT2D eigenvalue weighted by molar-refractivity contribution is 7.92. The van der Waals surface area contributed by atoms with Gasteiger partial charge in [0.1, 0.15) is 17.1 Å². The van der Waals surface area contributed by atoms with Crippen LogP contribution in [0.1, 0.15) is 49.4 Å². The van der Waals surface area contributed by atoms with Crippen molar-refractivity contribution in [2.75, 3.05) is 22.4 Å². The zero-order valence-electron chi connectivity index (χ0n) is 19.5. The summed E-state index contributed by atoms with van der Waals surface area (Å²) in [5.74, 6) is 0.626. The van der Waals surface area contributed by atoms with Crippen molar-refractivity contribution in [1.29, 1.82) is 0 Å². The van der Waals surface area contributed by atoms with E-state index in [1.165, 1.54) is 37.9 Å². The molecule has 0 unspecified atom stereocenters. The molecule has 0 aliphatic heterocycles. The molecule has 11 nitrogen and oxygen atoms in total. The van der Waals surface area contributed by atoms with Crippen LogP contribution in [0.5, 0.6) is 5.75 Å². The Kier molecular flexibility index (Phi) is 7.49. The molecule has 1 saturated carbocycles. The Bertz CT molecular complexity index is 1270. The number of carbonyl (C=O) groups excluding carboxylic acids is 1. The quantitative estimate of drug-likeness (QED) is 0.329. The number of nitrogens with two attached hydrogens (primary N) is 1. The van der Waals surface area contributed by atoms with Crippen LogP contribution in [0.3, 0.4) is 0 Å². The standard InChI is InChI=1S/C23H29N7O4S/c1-2-35(32,33)30-17-9-8-16(12-18(17)34-14-15-6-4-3-5-7-15)21-20(22(24)31)23(29-28-21)27-19-13-25-10-11-26-19/h8-13,15,30H,2-7,14H2,1H3,(H2,24,31)(H2,26,27,28,29). The molecule has 12 heteroatoms. The fourth-order valence-electron chi connectivity index (χ4n) is 4.05. The van der Waals surface area contributed by atoms with E-state index >= 15 is 0 Å². The third-order valence-corrected chi connectivity index (χ3v) is 7.23. The Labute approximate surface area is 204 Å². The number of H-pyrrole nitrogens is 1. The molecule has 2 heterocycles. The van der Waals surface area contributed by atoms with Crippen molar-refractivity contribution in [3.05, 3.63) is 42.4 Å². The van der Waals surface area contributed by atoms with Gasteiger partial charge in [-0.1, -0.05) is 25.3 Å². The first-order valence-electron chi connectivity index (χ1n) is 11.5. The third-order valence-electron chi connectivity index (χ3n) is 5.94. The number of amides is 1. The summed E-state index contributed by atoms with van der Waals surface area (Å²) in [6.07, 6.45) is 10.3. The molecule has 186 valence electrons. The van der Waals surface area contributed by atoms with E-state index in [0.717, 1.165) is 12.8 Å². The minimum atomic E-state index is -3.51. The summed E-state index contributed by atoms with van der Waals surface area (Å²) in [5.41, 5.74) is 7.09. The van der Waals surface area contributed by atoms with E-state index in [0.29, 0.717) is 41.0 Å². The normalized spacial score (nSPS) is 14.4. The zero-order chi connectivity index (χ0) is 24.8. The van der Waals surface area contributed by atoms with Crippen molar-refractivity contribution in [3.8, 4) is 17.0 Å². The van der Waals surface area contributed by atoms with Crippen molar-refractivity contribution in [2.24, 2.45) is 11.7 Å². The molecule has 0 radical (unpaired) electrons. The molecule has 0 saturated heterocycles. The number of hydrogen-bond acceptors (Lipinski definition) is 8. The van der Waals surface area contributed by atoms with Gasteiger partial charge in [0.2, 0.25) is 10.0 Å². The number of sulfonamides is 1. The van der Waals surface area contributed by atoms with E-state index < -0.39 is 15.9 Å². The summed E-state index contributed by atoms with van der Waals surface area (Å²) in [6.45, 7) is 2.05. The van der Waals surface area contributed by atoms with Gasteiger partial charge in [-0.15, -0.1) is 0 Å². The number of aromatic nitrogens is 4. The molecule has 1 aliphatic rings. The molecule has 0 atom stereocenters. The topological polar surface area (TPSA) is 165 Å². The zero-order valence-corrected chi connectivity index (χ0v) is 20.3. The van der Waals surface area contributed by atoms with Gasteiger partial charge in [-0.25, -0.2) is 13.4 Å². The van der Waals surface area contributed by atoms with Gasteiger partial charge in [-0.3, -0.25) is 19.6 Å². The van der Waals surface area contributed by atoms with Crippen LogP contribution < -0.4 is 20.5 Å². The Morgan fingerprint density at radius 1 is 1.23 bits per heavy atom. The van der Waals surface area contributed by atoms with Gasteiger partial charge >= 0.3 is 0 Å². The maximum absolute atomic E-state index is 12.3. The van der Waals surface area contributed by atoms with E-state index in [-0.39, 0.29) is 17.1 Å². The van der Waals surface area contributed by atoms with Crippen LogP contribution in [0.2, 0.25) is 0 Å². The molecule has 1 aliphatic carbocycles. The molecular formula is C23H29N7O4S. The molecule has 1 aromatic carbocycles. The maximum atomic E-state index is 12.3. The second-order valence-electron chi connectivity index (χ2n) is 8.43. The average Bonchev–Trinajstić information content (AvgIpc) is 3.28. The van der Waals surface area contributed by atoms with Crippen molar-refractivity contribution in [2.45, 2.75) is 39.0 Å². The minimum Gasteiger partial charge on any atom is -0.491 e. The molecule has 3 aromatic rings. The summed E-state index contributed by atoms with van der Waals surface area (Å²) in [6, 6.07) is 4.97. The summed E-state index contributed by atoms with van der Waals surface area (Å²) < 4.78 is 33.2. The van der Waals surface area contributed by atoms with Crippen molar-refractivity contribution in [1.82, 2.24) is 20.2 Å². The second kappa shape index (κ2) is 10.7. The molecule has 2 aromatic heterocycles. The number of aromatic amines is 1. The molecule has 0 bridgehead atoms. The molecule has 5 N–H and O–H groups in total. The first-order chi connectivity index (χ1) is 16.9. The van der Waals surface area contributed by atoms with Crippen LogP contribution in [0.25, 0.3) is 11.3 Å². The number of anilines is 3. The Balaban J connectivity index is 1.67. The summed E-state index contributed by atoms with van der Waals surface area (Å²) in [4.78, 5) is 20.5. The maximum Gasteiger partial charge on any atom is 0.254 e. The number of rotatable bonds is 10. The van der Waals surface area contributed by atoms with E-state index in [4.69, 9.17) is 10.5 Å². The third kappa shape index (κ3) is 6.07. The monoisotopic (exact) mass is 499 g/mol. The van der Waals surface area contributed by atoms with Crippen molar-refractivity contribution < 1.29 is 17.9 Å². The van der Waals surface area contributed by atoms with Gasteiger partial charge in [0.15, 0.2) is 5.82 Å². The number of carbonyl (C=O) groups is 1. The highest BCUT2D eigenvalue weighted by Crippen LogP contribution is 2.35.